The van der Waals surface area contributed by atoms with E-state index in [1.807, 2.05) is 6.29 Å². The van der Waals surface area contributed by atoms with Crippen molar-refractivity contribution in [2.24, 2.45) is 0 Å². The highest BCUT2D eigenvalue weighted by molar-refractivity contribution is 5.50. The maximum atomic E-state index is 9.79. The van der Waals surface area contributed by atoms with Gasteiger partial charge in [-0.3, -0.25) is 4.79 Å². The van der Waals surface area contributed by atoms with Crippen LogP contribution in [0.15, 0.2) is 12.2 Å². The van der Waals surface area contributed by atoms with Gasteiger partial charge in [0.1, 0.15) is 0 Å². The van der Waals surface area contributed by atoms with Gasteiger partial charge in [0, 0.05) is 6.42 Å². The molecule has 0 N–H and O–H groups in total. The Hall–Kier alpha value is -0.590. The van der Waals surface area contributed by atoms with Gasteiger partial charge in [-0.15, -0.1) is 0 Å². The summed E-state index contributed by atoms with van der Waals surface area (Å²) in [4.78, 5) is 9.79. The SMILES string of the molecule is CCCC/C=C/CCC[C]=O. The van der Waals surface area contributed by atoms with E-state index in [0.29, 0.717) is 6.42 Å². The molecule has 0 unspecified atom stereocenters. The van der Waals surface area contributed by atoms with Crippen molar-refractivity contribution < 1.29 is 4.79 Å². The number of hydrogen-bond acceptors (Lipinski definition) is 1. The van der Waals surface area contributed by atoms with Crippen LogP contribution in [-0.4, -0.2) is 6.29 Å². The van der Waals surface area contributed by atoms with Crippen molar-refractivity contribution in [1.82, 2.24) is 0 Å². The third kappa shape index (κ3) is 9.41. The second kappa shape index (κ2) is 9.41. The molecule has 0 spiro atoms. The van der Waals surface area contributed by atoms with E-state index in [0.717, 1.165) is 12.8 Å². The second-order valence-corrected chi connectivity index (χ2v) is 2.65. The van der Waals surface area contributed by atoms with Crippen molar-refractivity contribution in [2.75, 3.05) is 0 Å². The molecular weight excluding hydrogens is 136 g/mol. The summed E-state index contributed by atoms with van der Waals surface area (Å²) in [7, 11) is 0. The Morgan fingerprint density at radius 3 is 2.36 bits per heavy atom. The van der Waals surface area contributed by atoms with Crippen LogP contribution in [0.1, 0.15) is 45.4 Å². The number of unbranched alkanes of at least 4 members (excludes halogenated alkanes) is 4. The highest BCUT2D eigenvalue weighted by Gasteiger charge is 1.82. The molecule has 0 aliphatic rings. The second-order valence-electron chi connectivity index (χ2n) is 2.65. The van der Waals surface area contributed by atoms with Crippen LogP contribution in [0.3, 0.4) is 0 Å². The highest BCUT2D eigenvalue weighted by Crippen LogP contribution is 1.98. The molecule has 11 heavy (non-hydrogen) atoms. The molecule has 0 bridgehead atoms. The van der Waals surface area contributed by atoms with Gasteiger partial charge in [0.15, 0.2) is 6.29 Å². The summed E-state index contributed by atoms with van der Waals surface area (Å²) in [5.74, 6) is 0. The summed E-state index contributed by atoms with van der Waals surface area (Å²) in [6, 6.07) is 0. The summed E-state index contributed by atoms with van der Waals surface area (Å²) < 4.78 is 0. The molecule has 0 atom stereocenters. The summed E-state index contributed by atoms with van der Waals surface area (Å²) in [6.07, 6.45) is 12.5. The van der Waals surface area contributed by atoms with E-state index in [1.165, 1.54) is 19.3 Å². The van der Waals surface area contributed by atoms with Gasteiger partial charge in [-0.1, -0.05) is 31.9 Å². The first kappa shape index (κ1) is 10.4. The normalized spacial score (nSPS) is 10.6. The lowest BCUT2D eigenvalue weighted by molar-refractivity contribution is 0.549. The molecule has 0 aromatic heterocycles. The van der Waals surface area contributed by atoms with Gasteiger partial charge in [-0.25, -0.2) is 0 Å². The lowest BCUT2D eigenvalue weighted by Crippen LogP contribution is -1.73. The Kier molecular flexibility index (Phi) is 8.91. The fourth-order valence-corrected chi connectivity index (χ4v) is 0.850. The molecule has 1 heteroatoms. The molecule has 0 aromatic carbocycles. The molecule has 0 aliphatic carbocycles. The quantitative estimate of drug-likeness (QED) is 0.406. The summed E-state index contributed by atoms with van der Waals surface area (Å²) in [6.45, 7) is 2.19. The lowest BCUT2D eigenvalue weighted by atomic mass is 10.2. The topological polar surface area (TPSA) is 17.1 Å². The number of carbonyl (C=O) groups excluding carboxylic acids is 1. The van der Waals surface area contributed by atoms with Crippen LogP contribution < -0.4 is 0 Å². The Morgan fingerprint density at radius 2 is 1.82 bits per heavy atom. The van der Waals surface area contributed by atoms with Crippen molar-refractivity contribution in [1.29, 1.82) is 0 Å². The fraction of sp³-hybridized carbons (Fsp3) is 0.700. The van der Waals surface area contributed by atoms with Crippen LogP contribution in [0.5, 0.6) is 0 Å². The van der Waals surface area contributed by atoms with E-state index in [2.05, 4.69) is 19.1 Å². The monoisotopic (exact) mass is 153 g/mol. The van der Waals surface area contributed by atoms with Gasteiger partial charge < -0.3 is 0 Å². The molecule has 0 heterocycles. The maximum absolute atomic E-state index is 9.79. The largest absolute Gasteiger partial charge is 0.291 e. The molecule has 0 aliphatic heterocycles. The molecule has 0 amide bonds. The summed E-state index contributed by atoms with van der Waals surface area (Å²) in [5, 5.41) is 0. The van der Waals surface area contributed by atoms with Gasteiger partial charge in [0.05, 0.1) is 0 Å². The van der Waals surface area contributed by atoms with Crippen molar-refractivity contribution in [3.8, 4) is 0 Å². The van der Waals surface area contributed by atoms with Crippen LogP contribution in [0, 0.1) is 0 Å². The van der Waals surface area contributed by atoms with E-state index >= 15 is 0 Å². The fourth-order valence-electron chi connectivity index (χ4n) is 0.850. The third-order valence-electron chi connectivity index (χ3n) is 1.54. The maximum Gasteiger partial charge on any atom is 0.198 e. The predicted molar refractivity (Wildman–Crippen MR) is 48.2 cm³/mol. The predicted octanol–water partition coefficient (Wildman–Crippen LogP) is 3.01. The van der Waals surface area contributed by atoms with Crippen molar-refractivity contribution in [2.45, 2.75) is 45.4 Å². The zero-order valence-electron chi connectivity index (χ0n) is 7.31. The lowest BCUT2D eigenvalue weighted by Gasteiger charge is -1.88. The Morgan fingerprint density at radius 1 is 1.18 bits per heavy atom. The average molecular weight is 153 g/mol. The summed E-state index contributed by atoms with van der Waals surface area (Å²) in [5.41, 5.74) is 0. The molecule has 0 aromatic rings. The van der Waals surface area contributed by atoms with Crippen LogP contribution in [-0.2, 0) is 4.79 Å². The molecule has 0 fully saturated rings. The third-order valence-corrected chi connectivity index (χ3v) is 1.54. The van der Waals surface area contributed by atoms with Gasteiger partial charge in [0.25, 0.3) is 0 Å². The smallest absolute Gasteiger partial charge is 0.198 e. The molecule has 0 saturated heterocycles. The van der Waals surface area contributed by atoms with Crippen molar-refractivity contribution in [3.63, 3.8) is 0 Å². The minimum atomic E-state index is 0.581. The minimum absolute atomic E-state index is 0.581. The van der Waals surface area contributed by atoms with E-state index in [4.69, 9.17) is 0 Å². The zero-order chi connectivity index (χ0) is 8.36. The first-order valence-corrected chi connectivity index (χ1v) is 4.41. The zero-order valence-corrected chi connectivity index (χ0v) is 7.31. The first-order valence-electron chi connectivity index (χ1n) is 4.41. The van der Waals surface area contributed by atoms with Crippen LogP contribution in [0.2, 0.25) is 0 Å². The van der Waals surface area contributed by atoms with Crippen LogP contribution >= 0.6 is 0 Å². The van der Waals surface area contributed by atoms with Crippen molar-refractivity contribution >= 4 is 6.29 Å². The number of allylic oxidation sites excluding steroid dienone is 2. The minimum Gasteiger partial charge on any atom is -0.291 e. The Labute approximate surface area is 69.5 Å². The molecule has 1 nitrogen and oxygen atoms in total. The van der Waals surface area contributed by atoms with Gasteiger partial charge in [-0.05, 0) is 19.3 Å². The molecule has 1 radical (unpaired) electrons. The van der Waals surface area contributed by atoms with Crippen LogP contribution in [0.25, 0.3) is 0 Å². The molecule has 0 rings (SSSR count). The Bertz CT molecular complexity index is 105. The Balaban J connectivity index is 2.97. The molecule has 0 saturated carbocycles. The van der Waals surface area contributed by atoms with Crippen molar-refractivity contribution in [3.05, 3.63) is 12.2 Å². The van der Waals surface area contributed by atoms with Gasteiger partial charge in [0.2, 0.25) is 0 Å². The standard InChI is InChI=1S/C10H17O/c1-2-3-4-5-6-7-8-9-10-11/h5-6H,2-4,7-9H2,1H3/b6-5+. The van der Waals surface area contributed by atoms with Gasteiger partial charge in [-0.2, -0.15) is 0 Å². The van der Waals surface area contributed by atoms with Crippen LogP contribution in [0.4, 0.5) is 0 Å². The first-order chi connectivity index (χ1) is 5.41. The average Bonchev–Trinajstić information content (AvgIpc) is 2.03. The van der Waals surface area contributed by atoms with E-state index < -0.39 is 0 Å². The van der Waals surface area contributed by atoms with E-state index in [1.54, 1.807) is 0 Å². The van der Waals surface area contributed by atoms with Gasteiger partial charge >= 0.3 is 0 Å². The molecule has 63 valence electrons. The number of hydrogen-bond donors (Lipinski definition) is 0. The van der Waals surface area contributed by atoms with E-state index in [9.17, 15) is 4.79 Å². The number of rotatable bonds is 7. The molecular formula is C10H17O. The summed E-state index contributed by atoms with van der Waals surface area (Å²) >= 11 is 0. The highest BCUT2D eigenvalue weighted by atomic mass is 16.1. The van der Waals surface area contributed by atoms with E-state index in [-0.39, 0.29) is 0 Å².